The molecule has 2 heteroatoms. The minimum atomic E-state index is 0.712. The van der Waals surface area contributed by atoms with Crippen LogP contribution in [0.3, 0.4) is 0 Å². The number of methoxy groups -OCH3 is 1. The number of benzene rings is 1. The summed E-state index contributed by atoms with van der Waals surface area (Å²) in [5.41, 5.74) is 2.67. The third-order valence-corrected chi connectivity index (χ3v) is 2.73. The first-order valence-corrected chi connectivity index (χ1v) is 5.68. The maximum Gasteiger partial charge on any atom is 0.0713 e. The molecule has 0 bridgehead atoms. The van der Waals surface area contributed by atoms with Crippen molar-refractivity contribution >= 4 is 0 Å². The Balaban J connectivity index is 1.80. The van der Waals surface area contributed by atoms with E-state index >= 15 is 0 Å². The Kier molecular flexibility index (Phi) is 3.75. The van der Waals surface area contributed by atoms with E-state index in [0.29, 0.717) is 6.61 Å². The van der Waals surface area contributed by atoms with Crippen LogP contribution in [-0.2, 0) is 17.8 Å². The van der Waals surface area contributed by atoms with Gasteiger partial charge in [-0.1, -0.05) is 24.3 Å². The van der Waals surface area contributed by atoms with Crippen molar-refractivity contribution in [3.05, 3.63) is 35.4 Å². The Morgan fingerprint density at radius 1 is 1.33 bits per heavy atom. The summed E-state index contributed by atoms with van der Waals surface area (Å²) in [6.45, 7) is 1.81. The Labute approximate surface area is 91.6 Å². The molecule has 15 heavy (non-hydrogen) atoms. The van der Waals surface area contributed by atoms with Gasteiger partial charge in [-0.15, -0.1) is 0 Å². The van der Waals surface area contributed by atoms with Crippen molar-refractivity contribution in [1.29, 1.82) is 0 Å². The summed E-state index contributed by atoms with van der Waals surface area (Å²) in [7, 11) is 1.74. The first-order valence-electron chi connectivity index (χ1n) is 5.68. The van der Waals surface area contributed by atoms with E-state index < -0.39 is 0 Å². The van der Waals surface area contributed by atoms with Crippen molar-refractivity contribution in [2.75, 3.05) is 13.7 Å². The zero-order valence-corrected chi connectivity index (χ0v) is 9.33. The number of nitrogens with one attached hydrogen (secondary N) is 1. The maximum atomic E-state index is 5.12. The molecule has 1 aliphatic rings. The minimum Gasteiger partial charge on any atom is -0.380 e. The van der Waals surface area contributed by atoms with Crippen molar-refractivity contribution in [3.63, 3.8) is 0 Å². The molecule has 2 rings (SSSR count). The highest BCUT2D eigenvalue weighted by Crippen LogP contribution is 2.18. The van der Waals surface area contributed by atoms with Crippen molar-refractivity contribution in [2.45, 2.75) is 31.9 Å². The average Bonchev–Trinajstić information content (AvgIpc) is 3.03. The van der Waals surface area contributed by atoms with E-state index in [-0.39, 0.29) is 0 Å². The molecule has 1 aromatic carbocycles. The van der Waals surface area contributed by atoms with Gasteiger partial charge in [-0.2, -0.15) is 0 Å². The highest BCUT2D eigenvalue weighted by molar-refractivity contribution is 5.23. The molecular formula is C13H19NO. The lowest BCUT2D eigenvalue weighted by Gasteiger charge is -2.05. The Morgan fingerprint density at radius 3 is 2.87 bits per heavy atom. The van der Waals surface area contributed by atoms with E-state index in [4.69, 9.17) is 4.74 Å². The standard InChI is InChI=1S/C13H19NO/c1-15-10-12-4-2-3-11(9-12)7-8-14-13-5-6-13/h2-4,9,13-14H,5-8,10H2,1H3. The van der Waals surface area contributed by atoms with Crippen LogP contribution in [-0.4, -0.2) is 19.7 Å². The summed E-state index contributed by atoms with van der Waals surface area (Å²) >= 11 is 0. The average molecular weight is 205 g/mol. The molecule has 1 saturated carbocycles. The van der Waals surface area contributed by atoms with E-state index in [0.717, 1.165) is 19.0 Å². The van der Waals surface area contributed by atoms with Gasteiger partial charge in [0.25, 0.3) is 0 Å². The lowest BCUT2D eigenvalue weighted by Crippen LogP contribution is -2.19. The van der Waals surface area contributed by atoms with Gasteiger partial charge >= 0.3 is 0 Å². The lowest BCUT2D eigenvalue weighted by molar-refractivity contribution is 0.185. The van der Waals surface area contributed by atoms with Gasteiger partial charge in [-0.05, 0) is 36.9 Å². The molecule has 0 amide bonds. The van der Waals surface area contributed by atoms with Crippen LogP contribution < -0.4 is 5.32 Å². The van der Waals surface area contributed by atoms with Crippen molar-refractivity contribution in [1.82, 2.24) is 5.32 Å². The van der Waals surface area contributed by atoms with Crippen molar-refractivity contribution in [2.24, 2.45) is 0 Å². The van der Waals surface area contributed by atoms with Gasteiger partial charge in [0.1, 0.15) is 0 Å². The summed E-state index contributed by atoms with van der Waals surface area (Å²) < 4.78 is 5.12. The molecule has 1 fully saturated rings. The largest absolute Gasteiger partial charge is 0.380 e. The van der Waals surface area contributed by atoms with E-state index in [1.54, 1.807) is 7.11 Å². The van der Waals surface area contributed by atoms with Crippen LogP contribution in [0.2, 0.25) is 0 Å². The van der Waals surface area contributed by atoms with Crippen molar-refractivity contribution < 1.29 is 4.74 Å². The lowest BCUT2D eigenvalue weighted by atomic mass is 10.1. The second kappa shape index (κ2) is 5.29. The van der Waals surface area contributed by atoms with Crippen LogP contribution in [0, 0.1) is 0 Å². The number of hydrogen-bond donors (Lipinski definition) is 1. The second-order valence-electron chi connectivity index (χ2n) is 4.23. The second-order valence-corrected chi connectivity index (χ2v) is 4.23. The van der Waals surface area contributed by atoms with Crippen LogP contribution in [0.25, 0.3) is 0 Å². The molecule has 0 heterocycles. The zero-order chi connectivity index (χ0) is 10.5. The van der Waals surface area contributed by atoms with Gasteiger partial charge in [-0.3, -0.25) is 0 Å². The monoisotopic (exact) mass is 205 g/mol. The van der Waals surface area contributed by atoms with Gasteiger partial charge in [0.15, 0.2) is 0 Å². The number of ether oxygens (including phenoxy) is 1. The predicted molar refractivity (Wildman–Crippen MR) is 61.9 cm³/mol. The topological polar surface area (TPSA) is 21.3 Å². The zero-order valence-electron chi connectivity index (χ0n) is 9.33. The van der Waals surface area contributed by atoms with Gasteiger partial charge in [0, 0.05) is 13.2 Å². The third kappa shape index (κ3) is 3.65. The highest BCUT2D eigenvalue weighted by atomic mass is 16.5. The van der Waals surface area contributed by atoms with Crippen LogP contribution in [0.4, 0.5) is 0 Å². The van der Waals surface area contributed by atoms with Crippen LogP contribution >= 0.6 is 0 Å². The molecule has 1 aromatic rings. The van der Waals surface area contributed by atoms with Gasteiger partial charge in [0.05, 0.1) is 6.61 Å². The van der Waals surface area contributed by atoms with Crippen LogP contribution in [0.15, 0.2) is 24.3 Å². The molecule has 0 atom stereocenters. The van der Waals surface area contributed by atoms with E-state index in [9.17, 15) is 0 Å². The summed E-state index contributed by atoms with van der Waals surface area (Å²) in [5, 5.41) is 3.53. The summed E-state index contributed by atoms with van der Waals surface area (Å²) in [6, 6.07) is 9.46. The Morgan fingerprint density at radius 2 is 2.13 bits per heavy atom. The first-order chi connectivity index (χ1) is 7.38. The molecular weight excluding hydrogens is 186 g/mol. The van der Waals surface area contributed by atoms with Gasteiger partial charge in [0.2, 0.25) is 0 Å². The summed E-state index contributed by atoms with van der Waals surface area (Å²) in [6.07, 6.45) is 3.85. The molecule has 0 spiro atoms. The molecule has 1 aliphatic carbocycles. The summed E-state index contributed by atoms with van der Waals surface area (Å²) in [5.74, 6) is 0. The van der Waals surface area contributed by atoms with Crippen LogP contribution in [0.1, 0.15) is 24.0 Å². The molecule has 0 saturated heterocycles. The van der Waals surface area contributed by atoms with Crippen molar-refractivity contribution in [3.8, 4) is 0 Å². The van der Waals surface area contributed by atoms with E-state index in [1.165, 1.54) is 24.0 Å². The first kappa shape index (κ1) is 10.7. The molecule has 2 nitrogen and oxygen atoms in total. The SMILES string of the molecule is COCc1cccc(CCNC2CC2)c1. The van der Waals surface area contributed by atoms with E-state index in [2.05, 4.69) is 29.6 Å². The Hall–Kier alpha value is -0.860. The fraction of sp³-hybridized carbons (Fsp3) is 0.538. The molecule has 0 radical (unpaired) electrons. The molecule has 0 aliphatic heterocycles. The molecule has 1 N–H and O–H groups in total. The molecule has 0 unspecified atom stereocenters. The smallest absolute Gasteiger partial charge is 0.0713 e. The van der Waals surface area contributed by atoms with Gasteiger partial charge < -0.3 is 10.1 Å². The van der Waals surface area contributed by atoms with Gasteiger partial charge in [-0.25, -0.2) is 0 Å². The number of hydrogen-bond acceptors (Lipinski definition) is 2. The molecule has 82 valence electrons. The minimum absolute atomic E-state index is 0.712. The predicted octanol–water partition coefficient (Wildman–Crippen LogP) is 2.13. The third-order valence-electron chi connectivity index (χ3n) is 2.73. The fourth-order valence-electron chi connectivity index (χ4n) is 1.75. The van der Waals surface area contributed by atoms with Crippen LogP contribution in [0.5, 0.6) is 0 Å². The normalized spacial score (nSPS) is 15.5. The Bertz CT molecular complexity index is 307. The summed E-state index contributed by atoms with van der Waals surface area (Å²) in [4.78, 5) is 0. The molecule has 0 aromatic heterocycles. The van der Waals surface area contributed by atoms with E-state index in [1.807, 2.05) is 0 Å². The highest BCUT2D eigenvalue weighted by Gasteiger charge is 2.19. The number of rotatable bonds is 6. The fourth-order valence-corrected chi connectivity index (χ4v) is 1.75. The quantitative estimate of drug-likeness (QED) is 0.768. The maximum absolute atomic E-state index is 5.12.